The van der Waals surface area contributed by atoms with Crippen molar-refractivity contribution in [2.75, 3.05) is 11.9 Å². The zero-order chi connectivity index (χ0) is 15.1. The van der Waals surface area contributed by atoms with Crippen LogP contribution < -0.4 is 5.32 Å². The van der Waals surface area contributed by atoms with E-state index in [-0.39, 0.29) is 12.3 Å². The van der Waals surface area contributed by atoms with Gasteiger partial charge in [0.1, 0.15) is 11.9 Å². The minimum absolute atomic E-state index is 0.0290. The van der Waals surface area contributed by atoms with E-state index in [2.05, 4.69) is 30.2 Å². The Balaban J connectivity index is 2.74. The summed E-state index contributed by atoms with van der Waals surface area (Å²) in [6, 6.07) is 5.59. The van der Waals surface area contributed by atoms with Crippen LogP contribution >= 0.6 is 0 Å². The van der Waals surface area contributed by atoms with Crippen molar-refractivity contribution in [1.29, 1.82) is 5.26 Å². The Hall–Kier alpha value is -2.09. The van der Waals surface area contributed by atoms with Gasteiger partial charge in [0.25, 0.3) is 0 Å². The number of rotatable bonds is 7. The van der Waals surface area contributed by atoms with Crippen molar-refractivity contribution >= 4 is 11.8 Å². The molecular formula is C15H21N3O2. The molecular weight excluding hydrogens is 254 g/mol. The van der Waals surface area contributed by atoms with Gasteiger partial charge in [-0.2, -0.15) is 5.26 Å². The zero-order valence-electron chi connectivity index (χ0n) is 12.2. The molecule has 0 aliphatic heterocycles. The Bertz CT molecular complexity index is 506. The summed E-state index contributed by atoms with van der Waals surface area (Å²) < 4.78 is 0. The number of aromatic nitrogens is 1. The third-order valence-corrected chi connectivity index (χ3v) is 2.98. The summed E-state index contributed by atoms with van der Waals surface area (Å²) in [5, 5.41) is 21.1. The lowest BCUT2D eigenvalue weighted by atomic mass is 9.94. The Kier molecular flexibility index (Phi) is 5.98. The first-order valence-electron chi connectivity index (χ1n) is 6.75. The van der Waals surface area contributed by atoms with E-state index in [1.165, 1.54) is 0 Å². The molecule has 0 saturated heterocycles. The van der Waals surface area contributed by atoms with Gasteiger partial charge in [0.15, 0.2) is 0 Å². The van der Waals surface area contributed by atoms with Gasteiger partial charge in [0.05, 0.1) is 5.56 Å². The number of carboxylic acid groups (broad SMARTS) is 1. The monoisotopic (exact) mass is 275 g/mol. The molecule has 108 valence electrons. The van der Waals surface area contributed by atoms with Gasteiger partial charge in [-0.25, -0.2) is 4.98 Å². The third kappa shape index (κ3) is 5.27. The zero-order valence-corrected chi connectivity index (χ0v) is 12.2. The van der Waals surface area contributed by atoms with Gasteiger partial charge in [0, 0.05) is 18.7 Å². The molecule has 0 aromatic carbocycles. The highest BCUT2D eigenvalue weighted by atomic mass is 16.4. The summed E-state index contributed by atoms with van der Waals surface area (Å²) in [5.74, 6) is 0.199. The Morgan fingerprint density at radius 2 is 2.20 bits per heavy atom. The van der Waals surface area contributed by atoms with Gasteiger partial charge in [-0.15, -0.1) is 0 Å². The quantitative estimate of drug-likeness (QED) is 0.799. The maximum Gasteiger partial charge on any atom is 0.303 e. The van der Waals surface area contributed by atoms with Crippen molar-refractivity contribution in [3.63, 3.8) is 0 Å². The molecule has 0 amide bonds. The predicted octanol–water partition coefficient (Wildman–Crippen LogP) is 2.81. The average Bonchev–Trinajstić information content (AvgIpc) is 2.34. The van der Waals surface area contributed by atoms with E-state index in [0.29, 0.717) is 23.8 Å². The van der Waals surface area contributed by atoms with Crippen molar-refractivity contribution in [2.24, 2.45) is 11.8 Å². The molecule has 1 atom stereocenters. The second-order valence-corrected chi connectivity index (χ2v) is 5.43. The molecule has 0 bridgehead atoms. The second-order valence-electron chi connectivity index (χ2n) is 5.43. The van der Waals surface area contributed by atoms with Gasteiger partial charge in [0.2, 0.25) is 0 Å². The van der Waals surface area contributed by atoms with Crippen molar-refractivity contribution in [3.8, 4) is 6.07 Å². The first-order chi connectivity index (χ1) is 9.42. The number of carbonyl (C=O) groups is 1. The molecule has 0 spiro atoms. The lowest BCUT2D eigenvalue weighted by Gasteiger charge is -2.18. The summed E-state index contributed by atoms with van der Waals surface area (Å²) in [6.07, 6.45) is 0.950. The molecule has 1 unspecified atom stereocenters. The second kappa shape index (κ2) is 7.49. The summed E-state index contributed by atoms with van der Waals surface area (Å²) in [4.78, 5) is 15.2. The van der Waals surface area contributed by atoms with Crippen LogP contribution in [0.15, 0.2) is 12.1 Å². The largest absolute Gasteiger partial charge is 0.481 e. The Morgan fingerprint density at radius 3 is 2.75 bits per heavy atom. The first-order valence-corrected chi connectivity index (χ1v) is 6.75. The van der Waals surface area contributed by atoms with Crippen molar-refractivity contribution in [2.45, 2.75) is 33.6 Å². The molecule has 1 rings (SSSR count). The van der Waals surface area contributed by atoms with E-state index >= 15 is 0 Å². The number of aliphatic carboxylic acids is 1. The van der Waals surface area contributed by atoms with Crippen LogP contribution in [-0.2, 0) is 4.79 Å². The van der Waals surface area contributed by atoms with Crippen LogP contribution in [0.5, 0.6) is 0 Å². The van der Waals surface area contributed by atoms with Crippen LogP contribution in [0.4, 0.5) is 5.82 Å². The molecule has 5 heteroatoms. The summed E-state index contributed by atoms with van der Waals surface area (Å²) >= 11 is 0. The lowest BCUT2D eigenvalue weighted by molar-refractivity contribution is -0.138. The summed E-state index contributed by atoms with van der Waals surface area (Å²) in [7, 11) is 0. The molecule has 20 heavy (non-hydrogen) atoms. The minimum atomic E-state index is -0.796. The number of aryl methyl sites for hydroxylation is 1. The smallest absolute Gasteiger partial charge is 0.303 e. The van der Waals surface area contributed by atoms with Crippen LogP contribution in [-0.4, -0.2) is 22.6 Å². The lowest BCUT2D eigenvalue weighted by Crippen LogP contribution is -2.20. The van der Waals surface area contributed by atoms with E-state index in [4.69, 9.17) is 10.4 Å². The minimum Gasteiger partial charge on any atom is -0.481 e. The summed E-state index contributed by atoms with van der Waals surface area (Å²) in [6.45, 7) is 6.51. The van der Waals surface area contributed by atoms with Crippen LogP contribution in [0.3, 0.4) is 0 Å². The number of hydrogen-bond donors (Lipinski definition) is 2. The fourth-order valence-corrected chi connectivity index (χ4v) is 2.18. The van der Waals surface area contributed by atoms with Gasteiger partial charge < -0.3 is 10.4 Å². The van der Waals surface area contributed by atoms with Gasteiger partial charge >= 0.3 is 5.97 Å². The van der Waals surface area contributed by atoms with Crippen LogP contribution in [0.1, 0.15) is 37.9 Å². The molecule has 0 aliphatic carbocycles. The van der Waals surface area contributed by atoms with E-state index in [0.717, 1.165) is 12.1 Å². The molecule has 5 nitrogen and oxygen atoms in total. The van der Waals surface area contributed by atoms with E-state index in [9.17, 15) is 4.79 Å². The number of nitrogens with one attached hydrogen (secondary N) is 1. The molecule has 0 fully saturated rings. The van der Waals surface area contributed by atoms with E-state index < -0.39 is 5.97 Å². The fraction of sp³-hybridized carbons (Fsp3) is 0.533. The summed E-state index contributed by atoms with van der Waals surface area (Å²) in [5.41, 5.74) is 1.30. The molecule has 0 saturated carbocycles. The first kappa shape index (κ1) is 16.0. The molecule has 0 radical (unpaired) electrons. The van der Waals surface area contributed by atoms with E-state index in [1.54, 1.807) is 12.1 Å². The fourth-order valence-electron chi connectivity index (χ4n) is 2.18. The number of nitrogens with zero attached hydrogens (tertiary/aromatic N) is 2. The molecule has 2 N–H and O–H groups in total. The molecule has 0 aliphatic rings. The Labute approximate surface area is 119 Å². The SMILES string of the molecule is Cc1ccc(C#N)c(NCC(CC(=O)O)CC(C)C)n1. The van der Waals surface area contributed by atoms with Crippen LogP contribution in [0.2, 0.25) is 0 Å². The molecule has 1 aromatic rings. The maximum absolute atomic E-state index is 10.9. The predicted molar refractivity (Wildman–Crippen MR) is 77.4 cm³/mol. The maximum atomic E-state index is 10.9. The van der Waals surface area contributed by atoms with Crippen molar-refractivity contribution in [1.82, 2.24) is 4.98 Å². The van der Waals surface area contributed by atoms with Crippen LogP contribution in [0, 0.1) is 30.1 Å². The average molecular weight is 275 g/mol. The molecule has 1 heterocycles. The van der Waals surface area contributed by atoms with Gasteiger partial charge in [-0.3, -0.25) is 4.79 Å². The normalized spacial score (nSPS) is 11.9. The van der Waals surface area contributed by atoms with Crippen molar-refractivity contribution in [3.05, 3.63) is 23.4 Å². The third-order valence-electron chi connectivity index (χ3n) is 2.98. The van der Waals surface area contributed by atoms with Gasteiger partial charge in [-0.05, 0) is 37.3 Å². The topological polar surface area (TPSA) is 86.0 Å². The highest BCUT2D eigenvalue weighted by Crippen LogP contribution is 2.18. The number of anilines is 1. The number of nitriles is 1. The van der Waals surface area contributed by atoms with Gasteiger partial charge in [-0.1, -0.05) is 13.8 Å². The highest BCUT2D eigenvalue weighted by molar-refractivity contribution is 5.67. The highest BCUT2D eigenvalue weighted by Gasteiger charge is 2.16. The number of carboxylic acids is 1. The van der Waals surface area contributed by atoms with Crippen LogP contribution in [0.25, 0.3) is 0 Å². The van der Waals surface area contributed by atoms with Crippen molar-refractivity contribution < 1.29 is 9.90 Å². The standard InChI is InChI=1S/C15H21N3O2/c1-10(2)6-12(7-14(19)20)9-17-15-13(8-16)5-4-11(3)18-15/h4-5,10,12H,6-7,9H2,1-3H3,(H,17,18)(H,19,20). The van der Waals surface area contributed by atoms with E-state index in [1.807, 2.05) is 6.92 Å². The number of hydrogen-bond acceptors (Lipinski definition) is 4. The Morgan fingerprint density at radius 1 is 1.50 bits per heavy atom. The number of pyridine rings is 1. The molecule has 1 aromatic heterocycles.